The quantitative estimate of drug-likeness (QED) is 0.503. The molecule has 0 aliphatic carbocycles. The first kappa shape index (κ1) is 28.4. The van der Waals surface area contributed by atoms with E-state index in [1.165, 1.54) is 24.2 Å². The zero-order chi connectivity index (χ0) is 28.5. The van der Waals surface area contributed by atoms with Gasteiger partial charge < -0.3 is 15.1 Å². The van der Waals surface area contributed by atoms with E-state index in [9.17, 15) is 36.0 Å². The highest BCUT2D eigenvalue weighted by molar-refractivity contribution is 7.92. The van der Waals surface area contributed by atoms with E-state index in [4.69, 9.17) is 0 Å². The van der Waals surface area contributed by atoms with Crippen LogP contribution in [0.15, 0.2) is 47.6 Å². The molecule has 2 fully saturated rings. The number of rotatable bonds is 7. The zero-order valence-corrected chi connectivity index (χ0v) is 22.0. The van der Waals surface area contributed by atoms with Crippen molar-refractivity contribution in [2.45, 2.75) is 29.9 Å². The molecule has 2 aliphatic rings. The lowest BCUT2D eigenvalue weighted by atomic mass is 10.2. The number of nitrogens with one attached hydrogen (secondary N) is 1. The van der Waals surface area contributed by atoms with Crippen LogP contribution < -0.4 is 10.2 Å². The third-order valence-corrected chi connectivity index (χ3v) is 8.18. The van der Waals surface area contributed by atoms with E-state index in [1.807, 2.05) is 11.9 Å². The van der Waals surface area contributed by atoms with Crippen LogP contribution in [-0.4, -0.2) is 97.3 Å². The van der Waals surface area contributed by atoms with Gasteiger partial charge in [-0.25, -0.2) is 18.1 Å². The molecule has 1 unspecified atom stereocenters. The molecule has 11 nitrogen and oxygen atoms in total. The maximum absolute atomic E-state index is 13.2. The first-order valence-electron chi connectivity index (χ1n) is 12.0. The number of hydrogen-bond acceptors (Lipinski definition) is 8. The van der Waals surface area contributed by atoms with Crippen LogP contribution in [-0.2, 0) is 26.0 Å². The summed E-state index contributed by atoms with van der Waals surface area (Å²) in [4.78, 5) is 48.1. The molecule has 4 amide bonds. The molecule has 1 N–H and O–H groups in total. The van der Waals surface area contributed by atoms with E-state index >= 15 is 0 Å². The zero-order valence-electron chi connectivity index (χ0n) is 21.2. The first-order chi connectivity index (χ1) is 18.3. The van der Waals surface area contributed by atoms with Crippen molar-refractivity contribution in [3.63, 3.8) is 0 Å². The Bertz CT molecular complexity index is 1360. The van der Waals surface area contributed by atoms with E-state index < -0.39 is 38.2 Å². The Morgan fingerprint density at radius 2 is 1.72 bits per heavy atom. The smallest absolute Gasteiger partial charge is 0.323 e. The maximum Gasteiger partial charge on any atom is 0.501 e. The number of hydrogen-bond donors (Lipinski definition) is 1. The fourth-order valence-electron chi connectivity index (χ4n) is 4.31. The van der Waals surface area contributed by atoms with Crippen LogP contribution in [0.3, 0.4) is 0 Å². The van der Waals surface area contributed by atoms with E-state index in [1.54, 1.807) is 6.07 Å². The minimum atomic E-state index is -5.58. The van der Waals surface area contributed by atoms with Gasteiger partial charge in [0.2, 0.25) is 5.91 Å². The summed E-state index contributed by atoms with van der Waals surface area (Å²) in [6.07, 6.45) is 2.93. The van der Waals surface area contributed by atoms with Gasteiger partial charge in [-0.1, -0.05) is 0 Å². The molecule has 2 aromatic rings. The second-order valence-electron chi connectivity index (χ2n) is 9.36. The highest BCUT2D eigenvalue weighted by Gasteiger charge is 2.47. The highest BCUT2D eigenvalue weighted by Crippen LogP contribution is 2.33. The second kappa shape index (κ2) is 10.9. The molecule has 2 saturated heterocycles. The molecule has 4 rings (SSSR count). The Morgan fingerprint density at radius 3 is 2.33 bits per heavy atom. The molecular weight excluding hydrogens is 541 g/mol. The third kappa shape index (κ3) is 5.89. The summed E-state index contributed by atoms with van der Waals surface area (Å²) in [6, 6.07) is 3.27. The van der Waals surface area contributed by atoms with Gasteiger partial charge in [0.05, 0.1) is 35.6 Å². The summed E-state index contributed by atoms with van der Waals surface area (Å²) in [5.74, 6) is -0.887. The number of carbonyl (C=O) groups is 3. The molecular formula is C24H27F3N6O5S. The van der Waals surface area contributed by atoms with Gasteiger partial charge in [-0.3, -0.25) is 19.5 Å². The summed E-state index contributed by atoms with van der Waals surface area (Å²) in [6.45, 7) is 4.84. The minimum Gasteiger partial charge on any atom is -0.323 e. The molecule has 0 spiro atoms. The Morgan fingerprint density at radius 1 is 1.08 bits per heavy atom. The van der Waals surface area contributed by atoms with Gasteiger partial charge in [-0.05, 0) is 49.9 Å². The molecule has 39 heavy (non-hydrogen) atoms. The fourth-order valence-corrected chi connectivity index (χ4v) is 5.08. The predicted octanol–water partition coefficient (Wildman–Crippen LogP) is 1.92. The molecule has 1 aromatic heterocycles. The molecule has 1 atom stereocenters. The van der Waals surface area contributed by atoms with Crippen LogP contribution in [0, 0.1) is 0 Å². The summed E-state index contributed by atoms with van der Waals surface area (Å²) in [5, 5.41) is 2.82. The number of anilines is 2. The van der Waals surface area contributed by atoms with Gasteiger partial charge in [0, 0.05) is 32.4 Å². The number of nitrogens with zero attached hydrogens (tertiary/aromatic N) is 5. The summed E-state index contributed by atoms with van der Waals surface area (Å²) in [7, 11) is -3.56. The van der Waals surface area contributed by atoms with Crippen molar-refractivity contribution < 1.29 is 36.0 Å². The molecule has 210 valence electrons. The van der Waals surface area contributed by atoms with Crippen LogP contribution in [0.1, 0.15) is 12.5 Å². The molecule has 3 heterocycles. The van der Waals surface area contributed by atoms with Crippen molar-refractivity contribution >= 4 is 39.1 Å². The first-order valence-corrected chi connectivity index (χ1v) is 13.5. The molecule has 0 bridgehead atoms. The number of imide groups is 1. The number of likely N-dealkylation sites (N-methyl/N-ethyl adjacent to an activating group) is 1. The van der Waals surface area contributed by atoms with E-state index in [-0.39, 0.29) is 24.7 Å². The summed E-state index contributed by atoms with van der Waals surface area (Å²) >= 11 is 0. The number of piperazine rings is 1. The van der Waals surface area contributed by atoms with Crippen LogP contribution in [0.4, 0.5) is 29.3 Å². The highest BCUT2D eigenvalue weighted by atomic mass is 32.2. The Balaban J connectivity index is 1.48. The number of alkyl halides is 3. The van der Waals surface area contributed by atoms with Crippen LogP contribution in [0.25, 0.3) is 0 Å². The van der Waals surface area contributed by atoms with E-state index in [0.717, 1.165) is 43.2 Å². The van der Waals surface area contributed by atoms with Gasteiger partial charge in [0.1, 0.15) is 6.04 Å². The number of pyridine rings is 1. The lowest BCUT2D eigenvalue weighted by Crippen LogP contribution is -2.47. The number of benzene rings is 1. The average Bonchev–Trinajstić information content (AvgIpc) is 3.09. The van der Waals surface area contributed by atoms with Gasteiger partial charge in [0.25, 0.3) is 15.7 Å². The Hall–Kier alpha value is -3.56. The number of halogens is 3. The molecule has 1 aromatic carbocycles. The molecule has 2 aliphatic heterocycles. The normalized spacial score (nSPS) is 19.6. The van der Waals surface area contributed by atoms with E-state index in [2.05, 4.69) is 15.2 Å². The molecule has 0 saturated carbocycles. The van der Waals surface area contributed by atoms with Crippen LogP contribution >= 0.6 is 0 Å². The van der Waals surface area contributed by atoms with Crippen molar-refractivity contribution in [3.05, 3.63) is 48.3 Å². The fraction of sp³-hybridized carbons (Fsp3) is 0.417. The summed E-state index contributed by atoms with van der Waals surface area (Å²) < 4.78 is 61.8. The number of aromatic nitrogens is 1. The van der Waals surface area contributed by atoms with Crippen molar-refractivity contribution in [1.29, 1.82) is 0 Å². The van der Waals surface area contributed by atoms with Gasteiger partial charge >= 0.3 is 11.5 Å². The monoisotopic (exact) mass is 568 g/mol. The Labute approximate surface area is 223 Å². The predicted molar refractivity (Wildman–Crippen MR) is 134 cm³/mol. The number of sulfone groups is 1. The van der Waals surface area contributed by atoms with Crippen molar-refractivity contribution in [2.24, 2.45) is 0 Å². The van der Waals surface area contributed by atoms with Crippen molar-refractivity contribution in [2.75, 3.05) is 50.0 Å². The topological polar surface area (TPSA) is 123 Å². The Kier molecular flexibility index (Phi) is 7.95. The molecule has 0 radical (unpaired) electrons. The van der Waals surface area contributed by atoms with Crippen LogP contribution in [0.2, 0.25) is 0 Å². The second-order valence-corrected chi connectivity index (χ2v) is 11.3. The maximum atomic E-state index is 13.2. The van der Waals surface area contributed by atoms with E-state index in [0.29, 0.717) is 23.4 Å². The lowest BCUT2D eigenvalue weighted by Gasteiger charge is -2.31. The van der Waals surface area contributed by atoms with Gasteiger partial charge in [-0.2, -0.15) is 13.2 Å². The van der Waals surface area contributed by atoms with Gasteiger partial charge in [0.15, 0.2) is 0 Å². The number of carbonyl (C=O) groups excluding carboxylic acids is 3. The molecule has 15 heteroatoms. The summed E-state index contributed by atoms with van der Waals surface area (Å²) in [5.41, 5.74) is -4.65. The number of amides is 4. The van der Waals surface area contributed by atoms with Crippen molar-refractivity contribution in [1.82, 2.24) is 19.7 Å². The standard InChI is InChI=1S/C24H27F3N6O5S/c1-16-22(35)33(18-3-5-19(6-4-18)39(37,38)24(25,26)27)23(36)32(16)14-17-7-8-28-13-20(17)29-21(34)15-31-11-9-30(2)10-12-31/h3-8,13,16H,9-12,14-15H2,1-2H3,(H,29,34). The van der Waals surface area contributed by atoms with Crippen molar-refractivity contribution in [3.8, 4) is 0 Å². The largest absolute Gasteiger partial charge is 0.501 e. The minimum absolute atomic E-state index is 0.0601. The SMILES string of the molecule is CC1C(=O)N(c2ccc(S(=O)(=O)C(F)(F)F)cc2)C(=O)N1Cc1ccncc1NC(=O)CN1CCN(C)CC1. The average molecular weight is 569 g/mol. The number of urea groups is 1. The third-order valence-electron chi connectivity index (χ3n) is 6.68. The lowest BCUT2D eigenvalue weighted by molar-refractivity contribution is -0.119. The van der Waals surface area contributed by atoms with Crippen LogP contribution in [0.5, 0.6) is 0 Å². The van der Waals surface area contributed by atoms with Gasteiger partial charge in [-0.15, -0.1) is 0 Å².